The van der Waals surface area contributed by atoms with Crippen LogP contribution in [0.5, 0.6) is 0 Å². The average molecular weight is 475 g/mol. The lowest BCUT2D eigenvalue weighted by atomic mass is 9.99. The number of aliphatic hydroxyl groups is 1. The maximum atomic E-state index is 11.5. The van der Waals surface area contributed by atoms with Crippen molar-refractivity contribution < 1.29 is 19.4 Å². The Hall–Kier alpha value is -3.03. The minimum atomic E-state index is -0.564. The Bertz CT molecular complexity index is 1100. The van der Waals surface area contributed by atoms with Gasteiger partial charge in [0.2, 0.25) is 5.91 Å². The van der Waals surface area contributed by atoms with Gasteiger partial charge in [-0.25, -0.2) is 0 Å². The number of ether oxygens (including phenoxy) is 2. The molecule has 0 radical (unpaired) electrons. The average Bonchev–Trinajstić information content (AvgIpc) is 2.88. The first kappa shape index (κ1) is 25.1. The third kappa shape index (κ3) is 6.55. The fourth-order valence-electron chi connectivity index (χ4n) is 4.46. The highest BCUT2D eigenvalue weighted by Gasteiger charge is 2.33. The molecule has 6 nitrogen and oxygen atoms in total. The van der Waals surface area contributed by atoms with Gasteiger partial charge in [0, 0.05) is 37.2 Å². The number of aliphatic hydroxyl groups excluding tert-OH is 1. The number of carbonyl (C=O) groups is 1. The lowest BCUT2D eigenvalue weighted by molar-refractivity contribution is -0.253. The van der Waals surface area contributed by atoms with Crippen LogP contribution in [0.2, 0.25) is 0 Å². The summed E-state index contributed by atoms with van der Waals surface area (Å²) in [6.45, 7) is 4.45. The molecular formula is C29H34N2O4. The van der Waals surface area contributed by atoms with Gasteiger partial charge < -0.3 is 19.9 Å². The van der Waals surface area contributed by atoms with Gasteiger partial charge in [0.05, 0.1) is 18.8 Å². The van der Waals surface area contributed by atoms with E-state index >= 15 is 0 Å². The molecule has 0 aromatic heterocycles. The summed E-state index contributed by atoms with van der Waals surface area (Å²) in [4.78, 5) is 13.9. The van der Waals surface area contributed by atoms with E-state index in [4.69, 9.17) is 9.47 Å². The van der Waals surface area contributed by atoms with E-state index in [9.17, 15) is 9.90 Å². The molecule has 184 valence electrons. The Morgan fingerprint density at radius 1 is 1.03 bits per heavy atom. The van der Waals surface area contributed by atoms with Gasteiger partial charge in [0.25, 0.3) is 0 Å². The second-order valence-electron chi connectivity index (χ2n) is 9.18. The molecule has 6 heteroatoms. The van der Waals surface area contributed by atoms with Crippen molar-refractivity contribution in [1.29, 1.82) is 0 Å². The van der Waals surface area contributed by atoms with Gasteiger partial charge in [-0.2, -0.15) is 0 Å². The summed E-state index contributed by atoms with van der Waals surface area (Å²) in [7, 11) is 2.12. The number of likely N-dealkylation sites (N-methyl/N-ethyl adjacent to an activating group) is 1. The first-order valence-electron chi connectivity index (χ1n) is 12.1. The van der Waals surface area contributed by atoms with E-state index in [1.807, 2.05) is 54.6 Å². The molecule has 1 aliphatic heterocycles. The van der Waals surface area contributed by atoms with Gasteiger partial charge in [-0.1, -0.05) is 66.7 Å². The van der Waals surface area contributed by atoms with E-state index < -0.39 is 6.29 Å². The molecule has 3 aromatic carbocycles. The third-order valence-electron chi connectivity index (χ3n) is 6.53. The molecule has 1 heterocycles. The summed E-state index contributed by atoms with van der Waals surface area (Å²) in [6, 6.07) is 26.2. The van der Waals surface area contributed by atoms with Gasteiger partial charge >= 0.3 is 0 Å². The quantitative estimate of drug-likeness (QED) is 0.459. The normalized spacial score (nSPS) is 21.0. The molecule has 0 spiro atoms. The van der Waals surface area contributed by atoms with Crippen molar-refractivity contribution in [3.8, 4) is 0 Å². The molecule has 1 saturated heterocycles. The van der Waals surface area contributed by atoms with E-state index in [1.165, 1.54) is 12.5 Å². The maximum absolute atomic E-state index is 11.5. The molecule has 35 heavy (non-hydrogen) atoms. The molecule has 2 N–H and O–H groups in total. The van der Waals surface area contributed by atoms with Gasteiger partial charge in [-0.05, 0) is 42.8 Å². The third-order valence-corrected chi connectivity index (χ3v) is 6.53. The van der Waals surface area contributed by atoms with Crippen LogP contribution in [-0.2, 0) is 20.9 Å². The number of rotatable bonds is 8. The zero-order valence-corrected chi connectivity index (χ0v) is 20.6. The first-order chi connectivity index (χ1) is 16.9. The van der Waals surface area contributed by atoms with Gasteiger partial charge in [-0.15, -0.1) is 0 Å². The second-order valence-corrected chi connectivity index (χ2v) is 9.18. The number of nitrogens with zero attached hydrogens (tertiary/aromatic N) is 1. The van der Waals surface area contributed by atoms with Crippen molar-refractivity contribution in [3.63, 3.8) is 0 Å². The molecule has 0 aliphatic carbocycles. The van der Waals surface area contributed by atoms with E-state index in [0.29, 0.717) is 12.1 Å². The second kappa shape index (κ2) is 11.6. The Labute approximate surface area is 207 Å². The van der Waals surface area contributed by atoms with Crippen molar-refractivity contribution in [2.45, 2.75) is 51.4 Å². The summed E-state index contributed by atoms with van der Waals surface area (Å²) in [5.41, 5.74) is 4.75. The number of amides is 1. The SMILES string of the molecule is CC(=O)Nc1cccc([C@H]2O[C@@H](CN(C)[C@@H](C)c3ccccc3)C[C@@H](c3ccc(CO)cc3)O2)c1. The van der Waals surface area contributed by atoms with Crippen molar-refractivity contribution in [1.82, 2.24) is 4.90 Å². The lowest BCUT2D eigenvalue weighted by Gasteiger charge is -2.39. The number of hydrogen-bond acceptors (Lipinski definition) is 5. The van der Waals surface area contributed by atoms with Gasteiger partial charge in [-0.3, -0.25) is 9.69 Å². The predicted molar refractivity (Wildman–Crippen MR) is 137 cm³/mol. The fraction of sp³-hybridized carbons (Fsp3) is 0.345. The monoisotopic (exact) mass is 474 g/mol. The Morgan fingerprint density at radius 2 is 1.77 bits per heavy atom. The molecule has 0 bridgehead atoms. The number of anilines is 1. The van der Waals surface area contributed by atoms with Gasteiger partial charge in [0.1, 0.15) is 0 Å². The molecule has 1 amide bonds. The number of nitrogens with one attached hydrogen (secondary N) is 1. The number of hydrogen-bond donors (Lipinski definition) is 2. The van der Waals surface area contributed by atoms with E-state index in [0.717, 1.165) is 23.2 Å². The highest BCUT2D eigenvalue weighted by molar-refractivity contribution is 5.88. The van der Waals surface area contributed by atoms with Crippen LogP contribution >= 0.6 is 0 Å². The molecule has 1 fully saturated rings. The summed E-state index contributed by atoms with van der Waals surface area (Å²) >= 11 is 0. The molecule has 4 atom stereocenters. The molecule has 0 unspecified atom stereocenters. The van der Waals surface area contributed by atoms with E-state index in [1.54, 1.807) is 0 Å². The summed E-state index contributed by atoms with van der Waals surface area (Å²) < 4.78 is 12.9. The lowest BCUT2D eigenvalue weighted by Crippen LogP contribution is -2.38. The molecule has 4 rings (SSSR count). The molecule has 3 aromatic rings. The van der Waals surface area contributed by atoms with E-state index in [2.05, 4.69) is 48.5 Å². The largest absolute Gasteiger partial charge is 0.392 e. The van der Waals surface area contributed by atoms with Crippen LogP contribution < -0.4 is 5.32 Å². The van der Waals surface area contributed by atoms with Crippen LogP contribution in [0.15, 0.2) is 78.9 Å². The fourth-order valence-corrected chi connectivity index (χ4v) is 4.46. The zero-order valence-electron chi connectivity index (χ0n) is 20.6. The highest BCUT2D eigenvalue weighted by Crippen LogP contribution is 2.39. The minimum Gasteiger partial charge on any atom is -0.392 e. The molecular weight excluding hydrogens is 440 g/mol. The van der Waals surface area contributed by atoms with Crippen molar-refractivity contribution in [3.05, 3.63) is 101 Å². The van der Waals surface area contributed by atoms with Crippen LogP contribution in [0, 0.1) is 0 Å². The molecule has 0 saturated carbocycles. The maximum Gasteiger partial charge on any atom is 0.221 e. The van der Waals surface area contributed by atoms with Crippen molar-refractivity contribution in [2.24, 2.45) is 0 Å². The highest BCUT2D eigenvalue weighted by atomic mass is 16.7. The summed E-state index contributed by atoms with van der Waals surface area (Å²) in [6.07, 6.45) is -0.0646. The predicted octanol–water partition coefficient (Wildman–Crippen LogP) is 5.38. The standard InChI is InChI=1S/C29H34N2O4/c1-20(23-8-5-4-6-9-23)31(3)18-27-17-28(24-14-12-22(19-32)13-15-24)35-29(34-27)25-10-7-11-26(16-25)30-21(2)33/h4-16,20,27-29,32H,17-19H2,1-3H3,(H,30,33)/t20-,27+,28-,29-/m0/s1. The Kier molecular flexibility index (Phi) is 8.31. The van der Waals surface area contributed by atoms with Crippen LogP contribution in [0.4, 0.5) is 5.69 Å². The first-order valence-corrected chi connectivity index (χ1v) is 12.1. The summed E-state index contributed by atoms with van der Waals surface area (Å²) in [5, 5.41) is 12.3. The van der Waals surface area contributed by atoms with Gasteiger partial charge in [0.15, 0.2) is 6.29 Å². The van der Waals surface area contributed by atoms with Crippen LogP contribution in [0.1, 0.15) is 61.0 Å². The zero-order chi connectivity index (χ0) is 24.8. The smallest absolute Gasteiger partial charge is 0.221 e. The number of carbonyl (C=O) groups excluding carboxylic acids is 1. The number of benzene rings is 3. The van der Waals surface area contributed by atoms with Crippen molar-refractivity contribution in [2.75, 3.05) is 18.9 Å². The topological polar surface area (TPSA) is 71.0 Å². The van der Waals surface area contributed by atoms with Crippen LogP contribution in [-0.4, -0.2) is 35.6 Å². The minimum absolute atomic E-state index is 0.0122. The van der Waals surface area contributed by atoms with E-state index in [-0.39, 0.29) is 30.8 Å². The Morgan fingerprint density at radius 3 is 2.46 bits per heavy atom. The Balaban J connectivity index is 1.56. The van der Waals surface area contributed by atoms with Crippen LogP contribution in [0.25, 0.3) is 0 Å². The molecule has 1 aliphatic rings. The summed E-state index contributed by atoms with van der Waals surface area (Å²) in [5.74, 6) is -0.121. The van der Waals surface area contributed by atoms with Crippen LogP contribution in [0.3, 0.4) is 0 Å². The van der Waals surface area contributed by atoms with Crippen molar-refractivity contribution >= 4 is 11.6 Å².